The van der Waals surface area contributed by atoms with Crippen molar-refractivity contribution in [2.24, 2.45) is 11.5 Å². The van der Waals surface area contributed by atoms with Crippen LogP contribution in [0.5, 0.6) is 0 Å². The van der Waals surface area contributed by atoms with Crippen molar-refractivity contribution in [1.29, 1.82) is 0 Å². The first kappa shape index (κ1) is 28.1. The Hall–Kier alpha value is -2.91. The fraction of sp³-hybridized carbons (Fsp3) is 0.625. The van der Waals surface area contributed by atoms with Gasteiger partial charge in [-0.1, -0.05) is 0 Å². The van der Waals surface area contributed by atoms with Crippen LogP contribution in [0.25, 0.3) is 0 Å². The van der Waals surface area contributed by atoms with E-state index in [1.165, 1.54) is 0 Å². The van der Waals surface area contributed by atoms with Crippen LogP contribution < -0.4 is 27.4 Å². The number of carbonyl (C=O) groups is 6. The van der Waals surface area contributed by atoms with Crippen LogP contribution in [0.2, 0.25) is 0 Å². The van der Waals surface area contributed by atoms with Crippen molar-refractivity contribution in [1.82, 2.24) is 16.0 Å². The van der Waals surface area contributed by atoms with Gasteiger partial charge in [0.15, 0.2) is 0 Å². The number of carboxylic acid groups (broad SMARTS) is 2. The molecular weight excluding hydrogens is 438 g/mol. The number of amides is 4. The minimum absolute atomic E-state index is 0.0371. The molecule has 0 radical (unpaired) electrons. The molecule has 0 aliphatic heterocycles. The van der Waals surface area contributed by atoms with Gasteiger partial charge in [0.05, 0.1) is 12.6 Å². The van der Waals surface area contributed by atoms with E-state index in [1.807, 2.05) is 5.32 Å². The van der Waals surface area contributed by atoms with Gasteiger partial charge in [-0.3, -0.25) is 24.0 Å². The number of aliphatic carboxylic acids is 2. The Morgan fingerprint density at radius 2 is 1.29 bits per heavy atom. The van der Waals surface area contributed by atoms with Crippen molar-refractivity contribution in [3.8, 4) is 0 Å². The molecule has 0 spiro atoms. The number of hydrogen-bond acceptors (Lipinski definition) is 9. The van der Waals surface area contributed by atoms with E-state index in [0.717, 1.165) is 0 Å². The van der Waals surface area contributed by atoms with E-state index in [4.69, 9.17) is 21.7 Å². The predicted octanol–water partition coefficient (Wildman–Crippen LogP) is -4.09. The van der Waals surface area contributed by atoms with Crippen molar-refractivity contribution in [2.75, 3.05) is 12.4 Å². The standard InChI is InChI=1S/C16H27N5O9S/c17-7(6-31)13(26)19-8(1-3-11(18)23)14(27)21-10(5-22)15(28)20-9(16(29)30)2-4-12(24)25/h7-10,22,31H,1-6,17H2,(H2,18,23)(H,19,26)(H,20,28)(H,21,27)(H,24,25)(H,29,30). The van der Waals surface area contributed by atoms with Crippen molar-refractivity contribution in [3.63, 3.8) is 0 Å². The van der Waals surface area contributed by atoms with Crippen molar-refractivity contribution < 1.29 is 44.1 Å². The summed E-state index contributed by atoms with van der Waals surface area (Å²) < 4.78 is 0. The monoisotopic (exact) mass is 465 g/mol. The molecule has 0 aliphatic rings. The van der Waals surface area contributed by atoms with E-state index in [0.29, 0.717) is 0 Å². The highest BCUT2D eigenvalue weighted by Gasteiger charge is 2.30. The van der Waals surface area contributed by atoms with E-state index < -0.39 is 79.2 Å². The molecule has 0 bridgehead atoms. The third kappa shape index (κ3) is 11.2. The van der Waals surface area contributed by atoms with Gasteiger partial charge in [-0.2, -0.15) is 12.6 Å². The predicted molar refractivity (Wildman–Crippen MR) is 108 cm³/mol. The normalized spacial score (nSPS) is 14.4. The lowest BCUT2D eigenvalue weighted by atomic mass is 10.1. The minimum Gasteiger partial charge on any atom is -0.481 e. The number of rotatable bonds is 15. The number of aliphatic hydroxyl groups is 1. The van der Waals surface area contributed by atoms with Gasteiger partial charge in [0.25, 0.3) is 0 Å². The van der Waals surface area contributed by atoms with Crippen LogP contribution in [0.15, 0.2) is 0 Å². The molecule has 0 aromatic heterocycles. The number of hydrogen-bond donors (Lipinski definition) is 9. The fourth-order valence-electron chi connectivity index (χ4n) is 2.18. The first-order chi connectivity index (χ1) is 14.4. The molecule has 0 aliphatic carbocycles. The second kappa shape index (κ2) is 14.2. The van der Waals surface area contributed by atoms with Gasteiger partial charge in [-0.05, 0) is 12.8 Å². The minimum atomic E-state index is -1.62. The molecule has 10 N–H and O–H groups in total. The van der Waals surface area contributed by atoms with Gasteiger partial charge >= 0.3 is 11.9 Å². The van der Waals surface area contributed by atoms with Gasteiger partial charge in [0, 0.05) is 18.6 Å². The SMILES string of the molecule is NC(=O)CCC(NC(=O)C(N)CS)C(=O)NC(CO)C(=O)NC(CCC(=O)O)C(=O)O. The highest BCUT2D eigenvalue weighted by atomic mass is 32.1. The average molecular weight is 465 g/mol. The highest BCUT2D eigenvalue weighted by molar-refractivity contribution is 7.80. The lowest BCUT2D eigenvalue weighted by Gasteiger charge is -2.24. The topological polar surface area (TPSA) is 251 Å². The summed E-state index contributed by atoms with van der Waals surface area (Å²) >= 11 is 3.86. The first-order valence-electron chi connectivity index (χ1n) is 9.04. The Balaban J connectivity index is 5.23. The molecule has 4 atom stereocenters. The quantitative estimate of drug-likeness (QED) is 0.106. The van der Waals surface area contributed by atoms with E-state index in [1.54, 1.807) is 0 Å². The molecule has 0 fully saturated rings. The zero-order valence-electron chi connectivity index (χ0n) is 16.4. The van der Waals surface area contributed by atoms with Crippen LogP contribution in [0.3, 0.4) is 0 Å². The van der Waals surface area contributed by atoms with E-state index >= 15 is 0 Å². The number of carbonyl (C=O) groups excluding carboxylic acids is 4. The summed E-state index contributed by atoms with van der Waals surface area (Å²) in [6.07, 6.45) is -1.50. The molecule has 0 aromatic carbocycles. The third-order valence-corrected chi connectivity index (χ3v) is 4.32. The highest BCUT2D eigenvalue weighted by Crippen LogP contribution is 2.02. The number of thiol groups is 1. The molecule has 0 saturated carbocycles. The Kier molecular flexibility index (Phi) is 12.8. The summed E-state index contributed by atoms with van der Waals surface area (Å²) in [6, 6.07) is -5.59. The second-order valence-corrected chi connectivity index (χ2v) is 6.80. The molecule has 0 rings (SSSR count). The maximum absolute atomic E-state index is 12.5. The molecule has 4 amide bonds. The maximum Gasteiger partial charge on any atom is 0.326 e. The van der Waals surface area contributed by atoms with Gasteiger partial charge in [-0.25, -0.2) is 4.79 Å². The van der Waals surface area contributed by atoms with Crippen LogP contribution in [-0.2, 0) is 28.8 Å². The molecule has 14 nitrogen and oxygen atoms in total. The van der Waals surface area contributed by atoms with Crippen LogP contribution in [-0.4, -0.2) is 87.4 Å². The molecule has 0 heterocycles. The van der Waals surface area contributed by atoms with Crippen LogP contribution in [0.1, 0.15) is 25.7 Å². The van der Waals surface area contributed by atoms with E-state index in [9.17, 15) is 33.9 Å². The Bertz CT molecular complexity index is 690. The Labute approximate surface area is 182 Å². The van der Waals surface area contributed by atoms with Gasteiger partial charge in [0.1, 0.15) is 18.1 Å². The lowest BCUT2D eigenvalue weighted by molar-refractivity contribution is -0.143. The second-order valence-electron chi connectivity index (χ2n) is 6.43. The summed E-state index contributed by atoms with van der Waals surface area (Å²) in [5, 5.41) is 33.6. The fourth-order valence-corrected chi connectivity index (χ4v) is 2.35. The van der Waals surface area contributed by atoms with Crippen molar-refractivity contribution >= 4 is 48.2 Å². The summed E-state index contributed by atoms with van der Waals surface area (Å²) in [5.41, 5.74) is 10.6. The average Bonchev–Trinajstić information content (AvgIpc) is 2.70. The zero-order chi connectivity index (χ0) is 24.1. The molecule has 15 heteroatoms. The third-order valence-electron chi connectivity index (χ3n) is 3.92. The number of nitrogens with one attached hydrogen (secondary N) is 3. The van der Waals surface area contributed by atoms with E-state index in [2.05, 4.69) is 23.3 Å². The number of nitrogens with two attached hydrogens (primary N) is 2. The largest absolute Gasteiger partial charge is 0.481 e. The number of carboxylic acids is 2. The van der Waals surface area contributed by atoms with Gasteiger partial charge < -0.3 is 42.7 Å². The number of aliphatic hydroxyl groups excluding tert-OH is 1. The van der Waals surface area contributed by atoms with Gasteiger partial charge in [-0.15, -0.1) is 0 Å². The van der Waals surface area contributed by atoms with Gasteiger partial charge in [0.2, 0.25) is 23.6 Å². The summed E-state index contributed by atoms with van der Waals surface area (Å²) in [6.45, 7) is -0.935. The van der Waals surface area contributed by atoms with Crippen molar-refractivity contribution in [3.05, 3.63) is 0 Å². The van der Waals surface area contributed by atoms with Crippen LogP contribution in [0, 0.1) is 0 Å². The molecular formula is C16H27N5O9S. The zero-order valence-corrected chi connectivity index (χ0v) is 17.3. The summed E-state index contributed by atoms with van der Waals surface area (Å²) in [4.78, 5) is 69.5. The lowest BCUT2D eigenvalue weighted by Crippen LogP contribution is -2.58. The molecule has 176 valence electrons. The molecule has 0 aromatic rings. The summed E-state index contributed by atoms with van der Waals surface area (Å²) in [5.74, 6) is -6.41. The van der Waals surface area contributed by atoms with E-state index in [-0.39, 0.29) is 18.6 Å². The number of primary amides is 1. The first-order valence-corrected chi connectivity index (χ1v) is 9.67. The van der Waals surface area contributed by atoms with Crippen molar-refractivity contribution in [2.45, 2.75) is 49.9 Å². The molecule has 31 heavy (non-hydrogen) atoms. The summed E-state index contributed by atoms with van der Waals surface area (Å²) in [7, 11) is 0. The molecule has 0 saturated heterocycles. The Morgan fingerprint density at radius 3 is 1.74 bits per heavy atom. The smallest absolute Gasteiger partial charge is 0.326 e. The van der Waals surface area contributed by atoms with Crippen LogP contribution in [0.4, 0.5) is 0 Å². The van der Waals surface area contributed by atoms with Crippen LogP contribution >= 0.6 is 12.6 Å². The Morgan fingerprint density at radius 1 is 0.806 bits per heavy atom. The maximum atomic E-state index is 12.5. The molecule has 4 unspecified atom stereocenters.